The maximum Gasteiger partial charge on any atom is 0.293 e. The second kappa shape index (κ2) is 6.16. The van der Waals surface area contributed by atoms with Crippen LogP contribution < -0.4 is 5.32 Å². The van der Waals surface area contributed by atoms with Gasteiger partial charge in [-0.1, -0.05) is 42.5 Å². The van der Waals surface area contributed by atoms with Gasteiger partial charge in [-0.3, -0.25) is 10.1 Å². The molecule has 0 aromatic heterocycles. The molecule has 2 N–H and O–H groups in total. The topological polar surface area (TPSA) is 75.4 Å². The van der Waals surface area contributed by atoms with Crippen molar-refractivity contribution in [3.8, 4) is 0 Å². The van der Waals surface area contributed by atoms with Crippen LogP contribution in [-0.2, 0) is 0 Å². The summed E-state index contributed by atoms with van der Waals surface area (Å²) in [5, 5.41) is 24.7. The van der Waals surface area contributed by atoms with Gasteiger partial charge in [-0.05, 0) is 18.9 Å². The van der Waals surface area contributed by atoms with E-state index in [0.717, 1.165) is 19.3 Å². The quantitative estimate of drug-likeness (QED) is 0.649. The molecule has 0 heterocycles. The van der Waals surface area contributed by atoms with E-state index in [0.29, 0.717) is 12.8 Å². The van der Waals surface area contributed by atoms with Crippen molar-refractivity contribution in [3.05, 3.63) is 32.3 Å². The Bertz CT molecular complexity index is 517. The van der Waals surface area contributed by atoms with E-state index in [-0.39, 0.29) is 28.0 Å². The van der Waals surface area contributed by atoms with Crippen LogP contribution in [0.4, 0.5) is 11.4 Å². The zero-order valence-corrected chi connectivity index (χ0v) is 12.4. The number of aliphatic hydroxyl groups is 1. The van der Waals surface area contributed by atoms with Crippen LogP contribution in [0.5, 0.6) is 0 Å². The van der Waals surface area contributed by atoms with Gasteiger partial charge in [0.25, 0.3) is 5.69 Å². The number of nitro groups is 1. The van der Waals surface area contributed by atoms with Crippen LogP contribution in [0.15, 0.2) is 12.1 Å². The van der Waals surface area contributed by atoms with E-state index in [2.05, 4.69) is 5.32 Å². The molecule has 0 saturated heterocycles. The Labute approximate surface area is 127 Å². The summed E-state index contributed by atoms with van der Waals surface area (Å²) in [6.07, 6.45) is 4.47. The number of hydrogen-bond acceptors (Lipinski definition) is 4. The molecule has 1 aliphatic carbocycles. The van der Waals surface area contributed by atoms with Crippen LogP contribution in [0.3, 0.4) is 0 Å². The van der Waals surface area contributed by atoms with Gasteiger partial charge < -0.3 is 10.4 Å². The minimum absolute atomic E-state index is 0.139. The van der Waals surface area contributed by atoms with Crippen molar-refractivity contribution in [1.82, 2.24) is 0 Å². The fraction of sp³-hybridized carbons (Fsp3) is 0.538. The summed E-state index contributed by atoms with van der Waals surface area (Å²) < 4.78 is 0. The number of anilines is 1. The van der Waals surface area contributed by atoms with Crippen molar-refractivity contribution in [2.24, 2.45) is 0 Å². The number of nitrogens with one attached hydrogen (secondary N) is 1. The highest BCUT2D eigenvalue weighted by Crippen LogP contribution is 2.35. The van der Waals surface area contributed by atoms with Crippen molar-refractivity contribution in [2.45, 2.75) is 37.7 Å². The Morgan fingerprint density at radius 2 is 1.85 bits per heavy atom. The van der Waals surface area contributed by atoms with E-state index < -0.39 is 10.5 Å². The third kappa shape index (κ3) is 3.53. The molecule has 1 aromatic rings. The average molecular weight is 319 g/mol. The third-order valence-corrected chi connectivity index (χ3v) is 4.35. The fourth-order valence-electron chi connectivity index (χ4n) is 2.48. The predicted octanol–water partition coefficient (Wildman–Crippen LogP) is 4.01. The highest BCUT2D eigenvalue weighted by molar-refractivity contribution is 6.42. The summed E-state index contributed by atoms with van der Waals surface area (Å²) in [5.41, 5.74) is -0.666. The van der Waals surface area contributed by atoms with Crippen LogP contribution >= 0.6 is 23.2 Å². The zero-order chi connectivity index (χ0) is 14.8. The normalized spacial score (nSPS) is 17.8. The molecule has 0 spiro atoms. The minimum Gasteiger partial charge on any atom is -0.388 e. The van der Waals surface area contributed by atoms with Gasteiger partial charge in [0.1, 0.15) is 5.69 Å². The first-order chi connectivity index (χ1) is 9.41. The van der Waals surface area contributed by atoms with E-state index in [9.17, 15) is 15.2 Å². The Balaban J connectivity index is 2.16. The standard InChI is InChI=1S/C13H16Cl2N2O3/c14-9-6-11(12(17(19)20)7-10(9)15)16-8-13(18)4-2-1-3-5-13/h6-7,16,18H,1-5,8H2. The molecule has 0 radical (unpaired) electrons. The number of nitro benzene ring substituents is 1. The third-order valence-electron chi connectivity index (χ3n) is 3.63. The number of rotatable bonds is 4. The minimum atomic E-state index is -0.807. The van der Waals surface area contributed by atoms with Gasteiger partial charge in [-0.2, -0.15) is 0 Å². The predicted molar refractivity (Wildman–Crippen MR) is 79.6 cm³/mol. The first-order valence-corrected chi connectivity index (χ1v) is 7.27. The van der Waals surface area contributed by atoms with Crippen LogP contribution in [-0.4, -0.2) is 22.2 Å². The molecule has 0 amide bonds. The molecule has 1 fully saturated rings. The second-order valence-corrected chi connectivity index (χ2v) is 5.99. The molecule has 20 heavy (non-hydrogen) atoms. The number of halogens is 2. The zero-order valence-electron chi connectivity index (χ0n) is 10.9. The fourth-order valence-corrected chi connectivity index (χ4v) is 2.80. The van der Waals surface area contributed by atoms with Crippen LogP contribution in [0.25, 0.3) is 0 Å². The van der Waals surface area contributed by atoms with Crippen molar-refractivity contribution in [2.75, 3.05) is 11.9 Å². The summed E-state index contributed by atoms with van der Waals surface area (Å²) >= 11 is 11.7. The van der Waals surface area contributed by atoms with E-state index in [4.69, 9.17) is 23.2 Å². The largest absolute Gasteiger partial charge is 0.388 e. The highest BCUT2D eigenvalue weighted by Gasteiger charge is 2.29. The molecular formula is C13H16Cl2N2O3. The average Bonchev–Trinajstić information content (AvgIpc) is 2.40. The van der Waals surface area contributed by atoms with Crippen LogP contribution in [0.1, 0.15) is 32.1 Å². The maximum absolute atomic E-state index is 11.0. The summed E-state index contributed by atoms with van der Waals surface area (Å²) in [4.78, 5) is 10.5. The van der Waals surface area contributed by atoms with Gasteiger partial charge in [0.05, 0.1) is 20.6 Å². The van der Waals surface area contributed by atoms with Gasteiger partial charge in [-0.15, -0.1) is 0 Å². The van der Waals surface area contributed by atoms with E-state index in [1.165, 1.54) is 12.1 Å². The van der Waals surface area contributed by atoms with Crippen LogP contribution in [0, 0.1) is 10.1 Å². The first kappa shape index (κ1) is 15.4. The number of benzene rings is 1. The SMILES string of the molecule is O=[N+]([O-])c1cc(Cl)c(Cl)cc1NCC1(O)CCCCC1. The first-order valence-electron chi connectivity index (χ1n) is 6.51. The lowest BCUT2D eigenvalue weighted by molar-refractivity contribution is -0.384. The lowest BCUT2D eigenvalue weighted by Gasteiger charge is -2.32. The molecule has 0 aliphatic heterocycles. The summed E-state index contributed by atoms with van der Waals surface area (Å²) in [6.45, 7) is 0.270. The Morgan fingerprint density at radius 3 is 2.45 bits per heavy atom. The van der Waals surface area contributed by atoms with Gasteiger partial charge in [0, 0.05) is 12.6 Å². The Hall–Kier alpha value is -1.04. The summed E-state index contributed by atoms with van der Waals surface area (Å²) in [6, 6.07) is 2.64. The van der Waals surface area contributed by atoms with Crippen molar-refractivity contribution in [1.29, 1.82) is 0 Å². The van der Waals surface area contributed by atoms with Gasteiger partial charge in [-0.25, -0.2) is 0 Å². The molecule has 0 atom stereocenters. The van der Waals surface area contributed by atoms with E-state index in [1.807, 2.05) is 0 Å². The lowest BCUT2D eigenvalue weighted by atomic mass is 9.85. The molecule has 0 bridgehead atoms. The monoisotopic (exact) mass is 318 g/mol. The highest BCUT2D eigenvalue weighted by atomic mass is 35.5. The molecule has 1 saturated carbocycles. The van der Waals surface area contributed by atoms with Gasteiger partial charge in [0.15, 0.2) is 0 Å². The molecule has 1 aromatic carbocycles. The Morgan fingerprint density at radius 1 is 1.25 bits per heavy atom. The molecule has 2 rings (SSSR count). The number of nitrogens with zero attached hydrogens (tertiary/aromatic N) is 1. The molecule has 5 nitrogen and oxygen atoms in total. The van der Waals surface area contributed by atoms with Gasteiger partial charge >= 0.3 is 0 Å². The van der Waals surface area contributed by atoms with Crippen molar-refractivity contribution in [3.63, 3.8) is 0 Å². The number of hydrogen-bond donors (Lipinski definition) is 2. The molecule has 1 aliphatic rings. The Kier molecular flexibility index (Phi) is 4.73. The molecular weight excluding hydrogens is 303 g/mol. The molecule has 0 unspecified atom stereocenters. The van der Waals surface area contributed by atoms with Gasteiger partial charge in [0.2, 0.25) is 0 Å². The smallest absolute Gasteiger partial charge is 0.293 e. The van der Waals surface area contributed by atoms with Crippen molar-refractivity contribution < 1.29 is 10.0 Å². The molecule has 110 valence electrons. The maximum atomic E-state index is 11.0. The summed E-state index contributed by atoms with van der Waals surface area (Å²) in [7, 11) is 0. The lowest BCUT2D eigenvalue weighted by Crippen LogP contribution is -2.38. The molecule has 7 heteroatoms. The summed E-state index contributed by atoms with van der Waals surface area (Å²) in [5.74, 6) is 0. The van der Waals surface area contributed by atoms with Crippen molar-refractivity contribution >= 4 is 34.6 Å². The van der Waals surface area contributed by atoms with E-state index in [1.54, 1.807) is 0 Å². The van der Waals surface area contributed by atoms with Crippen LogP contribution in [0.2, 0.25) is 10.0 Å². The second-order valence-electron chi connectivity index (χ2n) is 5.18. The van der Waals surface area contributed by atoms with E-state index >= 15 is 0 Å².